The molecule has 0 spiro atoms. The van der Waals surface area contributed by atoms with E-state index in [4.69, 9.17) is 5.11 Å². The van der Waals surface area contributed by atoms with Gasteiger partial charge in [0.25, 0.3) is 0 Å². The maximum Gasteiger partial charge on any atom is 0.308 e. The van der Waals surface area contributed by atoms with Gasteiger partial charge in [-0.15, -0.1) is 0 Å². The molecule has 19 heavy (non-hydrogen) atoms. The summed E-state index contributed by atoms with van der Waals surface area (Å²) < 4.78 is 0. The van der Waals surface area contributed by atoms with Crippen LogP contribution in [0.5, 0.6) is 0 Å². The van der Waals surface area contributed by atoms with Gasteiger partial charge < -0.3 is 10.4 Å². The quantitative estimate of drug-likeness (QED) is 0.850. The third-order valence-corrected chi connectivity index (χ3v) is 3.75. The average molecular weight is 261 g/mol. The van der Waals surface area contributed by atoms with Crippen molar-refractivity contribution in [1.29, 1.82) is 0 Å². The summed E-state index contributed by atoms with van der Waals surface area (Å²) in [6.07, 6.45) is 1.67. The molecule has 1 unspecified atom stereocenters. The lowest BCUT2D eigenvalue weighted by molar-refractivity contribution is -0.141. The summed E-state index contributed by atoms with van der Waals surface area (Å²) in [5.74, 6) is -1.50. The Morgan fingerprint density at radius 1 is 1.42 bits per heavy atom. The molecule has 1 aliphatic carbocycles. The lowest BCUT2D eigenvalue weighted by Crippen LogP contribution is -2.38. The molecule has 0 aromatic heterocycles. The largest absolute Gasteiger partial charge is 0.481 e. The number of aryl methyl sites for hydroxylation is 1. The third-order valence-electron chi connectivity index (χ3n) is 3.75. The molecule has 1 fully saturated rings. The Bertz CT molecular complexity index is 506. The molecular weight excluding hydrogens is 242 g/mol. The summed E-state index contributed by atoms with van der Waals surface area (Å²) in [7, 11) is 0. The number of carboxylic acid groups (broad SMARTS) is 1. The number of hydrogen-bond acceptors (Lipinski definition) is 2. The van der Waals surface area contributed by atoms with Crippen molar-refractivity contribution >= 4 is 11.9 Å². The zero-order chi connectivity index (χ0) is 14.0. The monoisotopic (exact) mass is 261 g/mol. The number of carbonyl (C=O) groups is 2. The molecule has 1 amide bonds. The van der Waals surface area contributed by atoms with Crippen LogP contribution in [0, 0.1) is 12.8 Å². The van der Waals surface area contributed by atoms with Crippen LogP contribution >= 0.6 is 0 Å². The van der Waals surface area contributed by atoms with E-state index in [-0.39, 0.29) is 12.5 Å². The molecule has 0 radical (unpaired) electrons. The van der Waals surface area contributed by atoms with Crippen LogP contribution < -0.4 is 5.32 Å². The van der Waals surface area contributed by atoms with Crippen molar-refractivity contribution in [2.45, 2.75) is 32.1 Å². The van der Waals surface area contributed by atoms with E-state index in [0.29, 0.717) is 0 Å². The van der Waals surface area contributed by atoms with Gasteiger partial charge in [0.05, 0.1) is 11.3 Å². The van der Waals surface area contributed by atoms with Crippen molar-refractivity contribution < 1.29 is 14.7 Å². The minimum Gasteiger partial charge on any atom is -0.481 e. The smallest absolute Gasteiger partial charge is 0.308 e. The molecule has 1 atom stereocenters. The Balaban J connectivity index is 2.05. The molecule has 1 aromatic rings. The van der Waals surface area contributed by atoms with Crippen LogP contribution in [-0.4, -0.2) is 23.5 Å². The highest BCUT2D eigenvalue weighted by molar-refractivity contribution is 5.91. The van der Waals surface area contributed by atoms with Gasteiger partial charge in [0.15, 0.2) is 0 Å². The summed E-state index contributed by atoms with van der Waals surface area (Å²) in [4.78, 5) is 23.0. The van der Waals surface area contributed by atoms with E-state index >= 15 is 0 Å². The van der Waals surface area contributed by atoms with Crippen molar-refractivity contribution in [3.8, 4) is 0 Å². The van der Waals surface area contributed by atoms with Crippen LogP contribution in [0.3, 0.4) is 0 Å². The van der Waals surface area contributed by atoms with Gasteiger partial charge in [-0.1, -0.05) is 36.8 Å². The molecule has 0 heterocycles. The Morgan fingerprint density at radius 3 is 2.63 bits per heavy atom. The van der Waals surface area contributed by atoms with Crippen molar-refractivity contribution in [3.63, 3.8) is 0 Å². The lowest BCUT2D eigenvalue weighted by Gasteiger charge is -2.17. The molecule has 1 aromatic carbocycles. The summed E-state index contributed by atoms with van der Waals surface area (Å²) in [5, 5.41) is 11.6. The minimum absolute atomic E-state index is 0.0498. The van der Waals surface area contributed by atoms with Crippen molar-refractivity contribution in [1.82, 2.24) is 5.32 Å². The number of benzene rings is 1. The second kappa shape index (κ2) is 5.03. The number of rotatable bonds is 5. The summed E-state index contributed by atoms with van der Waals surface area (Å²) in [5.41, 5.74) is 1.74. The number of nitrogens with one attached hydrogen (secondary N) is 1. The predicted octanol–water partition coefficient (Wildman–Crippen LogP) is 1.86. The minimum atomic E-state index is -0.888. The summed E-state index contributed by atoms with van der Waals surface area (Å²) >= 11 is 0. The van der Waals surface area contributed by atoms with Crippen LogP contribution in [0.2, 0.25) is 0 Å². The van der Waals surface area contributed by atoms with Crippen LogP contribution in [0.15, 0.2) is 24.3 Å². The first-order chi connectivity index (χ1) is 8.95. The Morgan fingerprint density at radius 2 is 2.11 bits per heavy atom. The SMILES string of the molecule is Cc1cccc(C2(C(=O)NCC(C)C(=O)O)CC2)c1. The van der Waals surface area contributed by atoms with Gasteiger partial charge in [0, 0.05) is 6.54 Å². The van der Waals surface area contributed by atoms with E-state index in [0.717, 1.165) is 24.0 Å². The fraction of sp³-hybridized carbons (Fsp3) is 0.467. The second-order valence-electron chi connectivity index (χ2n) is 5.40. The molecule has 0 saturated heterocycles. The first kappa shape index (κ1) is 13.6. The Kier molecular flexibility index (Phi) is 3.60. The van der Waals surface area contributed by atoms with Gasteiger partial charge in [0.1, 0.15) is 0 Å². The normalized spacial score (nSPS) is 17.6. The van der Waals surface area contributed by atoms with Crippen molar-refractivity contribution in [3.05, 3.63) is 35.4 Å². The lowest BCUT2D eigenvalue weighted by atomic mass is 9.93. The van der Waals surface area contributed by atoms with Gasteiger partial charge >= 0.3 is 5.97 Å². The molecule has 2 rings (SSSR count). The zero-order valence-electron chi connectivity index (χ0n) is 11.3. The van der Waals surface area contributed by atoms with Gasteiger partial charge in [-0.3, -0.25) is 9.59 Å². The molecule has 102 valence electrons. The highest BCUT2D eigenvalue weighted by Crippen LogP contribution is 2.48. The molecule has 1 saturated carbocycles. The number of hydrogen-bond donors (Lipinski definition) is 2. The first-order valence-electron chi connectivity index (χ1n) is 6.54. The fourth-order valence-electron chi connectivity index (χ4n) is 2.22. The maximum absolute atomic E-state index is 12.3. The molecule has 2 N–H and O–H groups in total. The average Bonchev–Trinajstić information content (AvgIpc) is 3.16. The summed E-state index contributed by atoms with van der Waals surface area (Å²) in [6.45, 7) is 3.78. The number of carbonyl (C=O) groups excluding carboxylic acids is 1. The first-order valence-corrected chi connectivity index (χ1v) is 6.54. The van der Waals surface area contributed by atoms with Gasteiger partial charge in [-0.25, -0.2) is 0 Å². The summed E-state index contributed by atoms with van der Waals surface area (Å²) in [6, 6.07) is 7.97. The number of amides is 1. The van der Waals surface area contributed by atoms with Crippen LogP contribution in [0.4, 0.5) is 0 Å². The van der Waals surface area contributed by atoms with E-state index in [1.54, 1.807) is 6.92 Å². The molecular formula is C15H19NO3. The van der Waals surface area contributed by atoms with Crippen molar-refractivity contribution in [2.75, 3.05) is 6.54 Å². The zero-order valence-corrected chi connectivity index (χ0v) is 11.3. The molecule has 0 aliphatic heterocycles. The van der Waals surface area contributed by atoms with E-state index < -0.39 is 17.3 Å². The van der Waals surface area contributed by atoms with Crippen LogP contribution in [0.25, 0.3) is 0 Å². The Hall–Kier alpha value is -1.84. The molecule has 0 bridgehead atoms. The predicted molar refractivity (Wildman–Crippen MR) is 71.9 cm³/mol. The van der Waals surface area contributed by atoms with Crippen molar-refractivity contribution in [2.24, 2.45) is 5.92 Å². The van der Waals surface area contributed by atoms with Gasteiger partial charge in [0.2, 0.25) is 5.91 Å². The number of aliphatic carboxylic acids is 1. The standard InChI is InChI=1S/C15H19NO3/c1-10-4-3-5-12(8-10)15(6-7-15)14(19)16-9-11(2)13(17)18/h3-5,8,11H,6-7,9H2,1-2H3,(H,16,19)(H,17,18). The van der Waals surface area contributed by atoms with E-state index in [9.17, 15) is 9.59 Å². The second-order valence-corrected chi connectivity index (χ2v) is 5.40. The highest BCUT2D eigenvalue weighted by atomic mass is 16.4. The van der Waals surface area contributed by atoms with Crippen LogP contribution in [-0.2, 0) is 15.0 Å². The number of carboxylic acids is 1. The third kappa shape index (κ3) is 2.78. The molecule has 4 nitrogen and oxygen atoms in total. The highest BCUT2D eigenvalue weighted by Gasteiger charge is 2.51. The van der Waals surface area contributed by atoms with E-state index in [1.807, 2.05) is 31.2 Å². The molecule has 4 heteroatoms. The topological polar surface area (TPSA) is 66.4 Å². The van der Waals surface area contributed by atoms with E-state index in [2.05, 4.69) is 5.32 Å². The van der Waals surface area contributed by atoms with Gasteiger partial charge in [-0.05, 0) is 25.3 Å². The molecule has 1 aliphatic rings. The van der Waals surface area contributed by atoms with Gasteiger partial charge in [-0.2, -0.15) is 0 Å². The maximum atomic E-state index is 12.3. The Labute approximate surface area is 112 Å². The fourth-order valence-corrected chi connectivity index (χ4v) is 2.22. The van der Waals surface area contributed by atoms with E-state index in [1.165, 1.54) is 0 Å². The van der Waals surface area contributed by atoms with Crippen LogP contribution in [0.1, 0.15) is 30.9 Å².